The van der Waals surface area contributed by atoms with Gasteiger partial charge in [0.05, 0.1) is 5.56 Å². The van der Waals surface area contributed by atoms with Gasteiger partial charge in [-0.25, -0.2) is 9.89 Å². The number of rotatable bonds is 4. The van der Waals surface area contributed by atoms with E-state index >= 15 is 0 Å². The van der Waals surface area contributed by atoms with E-state index in [2.05, 4.69) is 20.8 Å². The van der Waals surface area contributed by atoms with E-state index in [1.807, 2.05) is 0 Å². The molecule has 148 valence electrons. The summed E-state index contributed by atoms with van der Waals surface area (Å²) >= 11 is 0. The Morgan fingerprint density at radius 1 is 1.22 bits per heavy atom. The molecule has 2 fully saturated rings. The number of hydrogen-bond acceptors (Lipinski definition) is 5. The first-order valence-corrected chi connectivity index (χ1v) is 8.65. The molecular formula is C17H20ClF3N4O2. The summed E-state index contributed by atoms with van der Waals surface area (Å²) in [5, 5.41) is 12.3. The number of nitrogens with zero attached hydrogens (tertiary/aromatic N) is 1. The molecule has 2 atom stereocenters. The first kappa shape index (κ1) is 19.8. The maximum atomic E-state index is 13.3. The van der Waals surface area contributed by atoms with Crippen molar-refractivity contribution in [3.8, 4) is 11.5 Å². The summed E-state index contributed by atoms with van der Waals surface area (Å²) in [6.45, 7) is 0.478. The highest BCUT2D eigenvalue weighted by molar-refractivity contribution is 5.85. The Bertz CT molecular complexity index is 839. The average Bonchev–Trinajstić information content (AvgIpc) is 3.17. The molecule has 2 aliphatic rings. The predicted octanol–water partition coefficient (Wildman–Crippen LogP) is 3.41. The SMILES string of the molecule is Cl.O=c1[nH]nc(-c2ccc(C(F)(F)F)c(NCC3CC4CCC(C3)N4)c2)o1. The zero-order valence-corrected chi connectivity index (χ0v) is 15.1. The molecule has 3 N–H and O–H groups in total. The molecule has 2 saturated heterocycles. The van der Waals surface area contributed by atoms with Crippen LogP contribution in [0.4, 0.5) is 18.9 Å². The van der Waals surface area contributed by atoms with Crippen LogP contribution in [0.15, 0.2) is 27.4 Å². The van der Waals surface area contributed by atoms with E-state index in [1.54, 1.807) is 0 Å². The molecule has 3 heterocycles. The summed E-state index contributed by atoms with van der Waals surface area (Å²) in [7, 11) is 0. The van der Waals surface area contributed by atoms with Crippen LogP contribution in [-0.2, 0) is 6.18 Å². The number of hydrogen-bond donors (Lipinski definition) is 3. The maximum Gasteiger partial charge on any atom is 0.434 e. The Balaban J connectivity index is 0.00000210. The Hall–Kier alpha value is -2.00. The Kier molecular flexibility index (Phi) is 5.53. The van der Waals surface area contributed by atoms with Gasteiger partial charge in [0.1, 0.15) is 0 Å². The summed E-state index contributed by atoms with van der Waals surface area (Å²) in [6, 6.07) is 4.52. The van der Waals surface area contributed by atoms with Gasteiger partial charge in [-0.1, -0.05) is 0 Å². The Morgan fingerprint density at radius 2 is 1.93 bits per heavy atom. The minimum Gasteiger partial charge on any atom is -0.388 e. The maximum absolute atomic E-state index is 13.3. The molecule has 1 aromatic heterocycles. The van der Waals surface area contributed by atoms with Crippen LogP contribution in [0.5, 0.6) is 0 Å². The van der Waals surface area contributed by atoms with Gasteiger partial charge in [0.25, 0.3) is 0 Å². The van der Waals surface area contributed by atoms with Crippen molar-refractivity contribution in [1.29, 1.82) is 0 Å². The number of H-pyrrole nitrogens is 1. The predicted molar refractivity (Wildman–Crippen MR) is 96.0 cm³/mol. The quantitative estimate of drug-likeness (QED) is 0.727. The highest BCUT2D eigenvalue weighted by atomic mass is 35.5. The highest BCUT2D eigenvalue weighted by Gasteiger charge is 2.35. The lowest BCUT2D eigenvalue weighted by molar-refractivity contribution is -0.136. The number of anilines is 1. The molecule has 0 saturated carbocycles. The van der Waals surface area contributed by atoms with Crippen LogP contribution in [0.2, 0.25) is 0 Å². The molecule has 6 nitrogen and oxygen atoms in total. The largest absolute Gasteiger partial charge is 0.434 e. The molecular weight excluding hydrogens is 385 g/mol. The van der Waals surface area contributed by atoms with Crippen molar-refractivity contribution in [1.82, 2.24) is 15.5 Å². The van der Waals surface area contributed by atoms with Gasteiger partial charge in [-0.15, -0.1) is 17.5 Å². The normalized spacial score (nSPS) is 24.5. The van der Waals surface area contributed by atoms with Crippen molar-refractivity contribution in [2.24, 2.45) is 5.92 Å². The lowest BCUT2D eigenvalue weighted by Gasteiger charge is -2.29. The number of nitrogens with one attached hydrogen (secondary N) is 3. The van der Waals surface area contributed by atoms with Crippen molar-refractivity contribution >= 4 is 18.1 Å². The van der Waals surface area contributed by atoms with Crippen LogP contribution in [0.1, 0.15) is 31.2 Å². The van der Waals surface area contributed by atoms with Gasteiger partial charge in [-0.05, 0) is 49.8 Å². The number of halogens is 4. The summed E-state index contributed by atoms with van der Waals surface area (Å²) in [5.41, 5.74) is -0.452. The van der Waals surface area contributed by atoms with Gasteiger partial charge in [-0.3, -0.25) is 0 Å². The van der Waals surface area contributed by atoms with E-state index in [-0.39, 0.29) is 24.0 Å². The molecule has 0 amide bonds. The van der Waals surface area contributed by atoms with Crippen LogP contribution >= 0.6 is 12.4 Å². The molecule has 0 spiro atoms. The molecule has 0 aliphatic carbocycles. The number of piperidine rings is 1. The lowest BCUT2D eigenvalue weighted by Crippen LogP contribution is -2.40. The number of aromatic nitrogens is 2. The standard InChI is InChI=1S/C17H19F3N4O2.ClH/c18-17(19,20)13-4-1-10(15-23-24-16(25)26-15)7-14(13)21-8-9-5-11-2-3-12(6-9)22-11;/h1,4,7,9,11-12,21-22H,2-3,5-6,8H2,(H,24,25);1H. The molecule has 27 heavy (non-hydrogen) atoms. The van der Waals surface area contributed by atoms with E-state index in [4.69, 9.17) is 4.42 Å². The van der Waals surface area contributed by atoms with Crippen LogP contribution in [0, 0.1) is 5.92 Å². The van der Waals surface area contributed by atoms with Gasteiger partial charge in [0.15, 0.2) is 0 Å². The first-order valence-electron chi connectivity index (χ1n) is 8.65. The lowest BCUT2D eigenvalue weighted by atomic mass is 9.92. The molecule has 2 aliphatic heterocycles. The Labute approximate surface area is 159 Å². The van der Waals surface area contributed by atoms with Crippen molar-refractivity contribution in [2.75, 3.05) is 11.9 Å². The number of alkyl halides is 3. The molecule has 0 radical (unpaired) electrons. The van der Waals surface area contributed by atoms with Gasteiger partial charge in [0, 0.05) is 29.9 Å². The van der Waals surface area contributed by atoms with E-state index in [0.717, 1.165) is 31.7 Å². The fourth-order valence-electron chi connectivity index (χ4n) is 4.02. The second kappa shape index (κ2) is 7.55. The van der Waals surface area contributed by atoms with Gasteiger partial charge in [0.2, 0.25) is 5.89 Å². The van der Waals surface area contributed by atoms with Gasteiger partial charge >= 0.3 is 11.9 Å². The number of fused-ring (bicyclic) bond motifs is 2. The fraction of sp³-hybridized carbons (Fsp3) is 0.529. The monoisotopic (exact) mass is 404 g/mol. The summed E-state index contributed by atoms with van der Waals surface area (Å²) < 4.78 is 44.9. The second-order valence-electron chi connectivity index (χ2n) is 7.03. The fourth-order valence-corrected chi connectivity index (χ4v) is 4.02. The van der Waals surface area contributed by atoms with Gasteiger partial charge in [-0.2, -0.15) is 13.2 Å². The highest BCUT2D eigenvalue weighted by Crippen LogP contribution is 2.38. The third-order valence-electron chi connectivity index (χ3n) is 5.16. The molecule has 10 heteroatoms. The first-order chi connectivity index (χ1) is 12.4. The van der Waals surface area contributed by atoms with Crippen LogP contribution < -0.4 is 16.4 Å². The number of benzene rings is 1. The van der Waals surface area contributed by atoms with E-state index < -0.39 is 17.5 Å². The van der Waals surface area contributed by atoms with Crippen molar-refractivity contribution < 1.29 is 17.6 Å². The third-order valence-corrected chi connectivity index (χ3v) is 5.16. The zero-order valence-electron chi connectivity index (χ0n) is 14.3. The summed E-state index contributed by atoms with van der Waals surface area (Å²) in [4.78, 5) is 11.1. The topological polar surface area (TPSA) is 83.0 Å². The van der Waals surface area contributed by atoms with Crippen LogP contribution in [0.3, 0.4) is 0 Å². The van der Waals surface area contributed by atoms with Crippen molar-refractivity contribution in [3.63, 3.8) is 0 Å². The van der Waals surface area contributed by atoms with Crippen molar-refractivity contribution in [3.05, 3.63) is 34.3 Å². The summed E-state index contributed by atoms with van der Waals surface area (Å²) in [5.74, 6) is -0.451. The smallest absolute Gasteiger partial charge is 0.388 e. The summed E-state index contributed by atoms with van der Waals surface area (Å²) in [6.07, 6.45) is -0.247. The van der Waals surface area contributed by atoms with E-state index in [0.29, 0.717) is 30.1 Å². The molecule has 1 aromatic carbocycles. The van der Waals surface area contributed by atoms with Crippen LogP contribution in [-0.4, -0.2) is 28.8 Å². The molecule has 2 aromatic rings. The van der Waals surface area contributed by atoms with Crippen molar-refractivity contribution in [2.45, 2.75) is 43.9 Å². The average molecular weight is 405 g/mol. The third kappa shape index (κ3) is 4.30. The van der Waals surface area contributed by atoms with Gasteiger partial charge < -0.3 is 15.1 Å². The minimum absolute atomic E-state index is 0. The molecule has 2 unspecified atom stereocenters. The van der Waals surface area contributed by atoms with E-state index in [1.165, 1.54) is 12.1 Å². The van der Waals surface area contributed by atoms with Crippen LogP contribution in [0.25, 0.3) is 11.5 Å². The minimum atomic E-state index is -4.47. The second-order valence-corrected chi connectivity index (χ2v) is 7.03. The molecule has 4 rings (SSSR count). The zero-order chi connectivity index (χ0) is 18.3. The number of aromatic amines is 1. The molecule has 2 bridgehead atoms. The van der Waals surface area contributed by atoms with E-state index in [9.17, 15) is 18.0 Å². The Morgan fingerprint density at radius 3 is 2.52 bits per heavy atom.